The minimum atomic E-state index is -4.19. The fourth-order valence-corrected chi connectivity index (χ4v) is 7.59. The molecule has 0 spiro atoms. The number of carboxylic acid groups (broad SMARTS) is 1. The van der Waals surface area contributed by atoms with Crippen LogP contribution >= 0.6 is 0 Å². The van der Waals surface area contributed by atoms with Crippen molar-refractivity contribution < 1.29 is 37.4 Å². The van der Waals surface area contributed by atoms with Gasteiger partial charge in [-0.15, -0.1) is 0 Å². The maximum absolute atomic E-state index is 13.8. The number of hydrogen-bond acceptors (Lipinski definition) is 9. The Morgan fingerprint density at radius 2 is 1.95 bits per heavy atom. The molecule has 2 bridgehead atoms. The minimum Gasteiger partial charge on any atom is -0.474 e. The molecule has 14 heteroatoms. The minimum absolute atomic E-state index is 0.0173. The van der Waals surface area contributed by atoms with E-state index in [4.69, 9.17) is 14.3 Å². The Morgan fingerprint density at radius 3 is 2.59 bits per heavy atom. The van der Waals surface area contributed by atoms with E-state index in [-0.39, 0.29) is 17.5 Å². The van der Waals surface area contributed by atoms with Crippen LogP contribution in [0.25, 0.3) is 0 Å². The fraction of sp³-hybridized carbons (Fsp3) is 0.720. The normalized spacial score (nSPS) is 28.8. The molecule has 4 saturated heterocycles. The molecule has 0 radical (unpaired) electrons. The Labute approximate surface area is 228 Å². The molecule has 0 aliphatic carbocycles. The van der Waals surface area contributed by atoms with Crippen molar-refractivity contribution in [3.05, 3.63) is 18.3 Å². The van der Waals surface area contributed by atoms with E-state index in [1.165, 1.54) is 23.2 Å². The zero-order valence-electron chi connectivity index (χ0n) is 22.1. The average Bonchev–Trinajstić information content (AvgIpc) is 3.26. The number of piperazine rings is 1. The van der Waals surface area contributed by atoms with Crippen LogP contribution < -0.4 is 10.2 Å². The van der Waals surface area contributed by atoms with E-state index in [2.05, 4.69) is 22.3 Å². The number of aromatic nitrogens is 1. The number of pyridine rings is 1. The Bertz CT molecular complexity index is 1120. The number of sulfonamides is 1. The number of ether oxygens (including phenoxy) is 2. The van der Waals surface area contributed by atoms with Crippen molar-refractivity contribution in [3.63, 3.8) is 0 Å². The van der Waals surface area contributed by atoms with Crippen LogP contribution in [-0.4, -0.2) is 108 Å². The Kier molecular flexibility index (Phi) is 8.57. The van der Waals surface area contributed by atoms with Gasteiger partial charge in [-0.3, -0.25) is 9.69 Å². The first-order valence-electron chi connectivity index (χ1n) is 13.7. The van der Waals surface area contributed by atoms with E-state index < -0.39 is 46.4 Å². The van der Waals surface area contributed by atoms with Gasteiger partial charge in [-0.05, 0) is 51.1 Å². The van der Waals surface area contributed by atoms with E-state index in [0.717, 1.165) is 49.6 Å². The molecular formula is C25H37N5O8S. The molecule has 13 nitrogen and oxygen atoms in total. The van der Waals surface area contributed by atoms with Crippen molar-refractivity contribution in [3.8, 4) is 5.88 Å². The summed E-state index contributed by atoms with van der Waals surface area (Å²) >= 11 is 0. The third-order valence-electron chi connectivity index (χ3n) is 8.12. The Hall–Kier alpha value is -2.52. The third-order valence-corrected chi connectivity index (χ3v) is 9.95. The van der Waals surface area contributed by atoms with Crippen LogP contribution in [0.4, 0.5) is 4.79 Å². The fourth-order valence-electron chi connectivity index (χ4n) is 5.99. The van der Waals surface area contributed by atoms with Crippen molar-refractivity contribution in [2.24, 2.45) is 0 Å². The van der Waals surface area contributed by atoms with Gasteiger partial charge >= 0.3 is 6.09 Å². The molecule has 5 rings (SSSR count). The summed E-state index contributed by atoms with van der Waals surface area (Å²) in [5, 5.41) is 9.80. The molecule has 216 valence electrons. The standard InChI is InChI=1S/C25H37N5O8S/c1-2-28-12-10-18(11-13-28)37-21-9-7-19(15-26-21)39(34,35)29-16-17-6-8-20(30(17)25(32)33)23(29)24(31)27-38-22-5-3-4-14-36-22/h7,9,15,17-18,20,22-23H,2-6,8,10-14,16H2,1H3,(H,27,31)(H,32,33)/t17-,20+,22?,23-/m1/s1. The van der Waals surface area contributed by atoms with E-state index in [1.807, 2.05) is 0 Å². The van der Waals surface area contributed by atoms with E-state index >= 15 is 0 Å². The highest BCUT2D eigenvalue weighted by Gasteiger charge is 2.55. The zero-order valence-corrected chi connectivity index (χ0v) is 22.9. The number of hydroxylamine groups is 1. The van der Waals surface area contributed by atoms with E-state index in [0.29, 0.717) is 31.7 Å². The van der Waals surface area contributed by atoms with Gasteiger partial charge in [0.25, 0.3) is 5.91 Å². The first-order valence-corrected chi connectivity index (χ1v) is 15.2. The van der Waals surface area contributed by atoms with Crippen LogP contribution in [0, 0.1) is 0 Å². The number of amides is 2. The molecule has 39 heavy (non-hydrogen) atoms. The topological polar surface area (TPSA) is 151 Å². The number of fused-ring (bicyclic) bond motifs is 2. The number of carbonyl (C=O) groups excluding carboxylic acids is 1. The molecule has 4 atom stereocenters. The number of rotatable bonds is 8. The summed E-state index contributed by atoms with van der Waals surface area (Å²) in [6.45, 7) is 5.38. The number of piperidine rings is 1. The van der Waals surface area contributed by atoms with Crippen molar-refractivity contribution in [1.82, 2.24) is 24.6 Å². The highest BCUT2D eigenvalue weighted by Crippen LogP contribution is 2.37. The van der Waals surface area contributed by atoms with E-state index in [9.17, 15) is 23.1 Å². The molecule has 2 N–H and O–H groups in total. The molecule has 1 aromatic rings. The lowest BCUT2D eigenvalue weighted by molar-refractivity contribution is -0.203. The van der Waals surface area contributed by atoms with Crippen LogP contribution in [0.5, 0.6) is 5.88 Å². The summed E-state index contributed by atoms with van der Waals surface area (Å²) in [7, 11) is -4.19. The molecule has 5 heterocycles. The summed E-state index contributed by atoms with van der Waals surface area (Å²) in [5.74, 6) is -0.384. The Balaban J connectivity index is 1.32. The molecular weight excluding hydrogens is 530 g/mol. The first kappa shape index (κ1) is 28.0. The van der Waals surface area contributed by atoms with Crippen LogP contribution in [0.3, 0.4) is 0 Å². The van der Waals surface area contributed by atoms with Gasteiger partial charge in [0.1, 0.15) is 17.0 Å². The number of hydrogen-bond donors (Lipinski definition) is 2. The van der Waals surface area contributed by atoms with Gasteiger partial charge in [-0.25, -0.2) is 28.5 Å². The lowest BCUT2D eigenvalue weighted by Crippen LogP contribution is -2.66. The maximum atomic E-state index is 13.8. The van der Waals surface area contributed by atoms with Gasteiger partial charge in [-0.2, -0.15) is 4.31 Å². The maximum Gasteiger partial charge on any atom is 0.407 e. The number of likely N-dealkylation sites (tertiary alicyclic amines) is 1. The first-order chi connectivity index (χ1) is 18.8. The van der Waals surface area contributed by atoms with Gasteiger partial charge in [0, 0.05) is 44.8 Å². The van der Waals surface area contributed by atoms with Crippen molar-refractivity contribution in [1.29, 1.82) is 0 Å². The number of carbonyl (C=O) groups is 2. The highest BCUT2D eigenvalue weighted by molar-refractivity contribution is 7.89. The second-order valence-electron chi connectivity index (χ2n) is 10.5. The average molecular weight is 568 g/mol. The summed E-state index contributed by atoms with van der Waals surface area (Å²) in [5.41, 5.74) is 2.35. The SMILES string of the molecule is CCN1CCC(Oc2ccc(S(=O)(=O)N3C[C@H]4CC[C@@H]([C@@H]3C(=O)NOC3CCCCO3)N4C(=O)O)cn2)CC1. The quantitative estimate of drug-likeness (QED) is 0.441. The summed E-state index contributed by atoms with van der Waals surface area (Å²) in [6, 6.07) is 0.272. The number of nitrogens with one attached hydrogen (secondary N) is 1. The second kappa shape index (κ2) is 11.9. The zero-order chi connectivity index (χ0) is 27.6. The smallest absolute Gasteiger partial charge is 0.407 e. The molecule has 2 amide bonds. The van der Waals surface area contributed by atoms with Gasteiger partial charge in [0.05, 0.1) is 12.2 Å². The van der Waals surface area contributed by atoms with Crippen LogP contribution in [-0.2, 0) is 24.4 Å². The van der Waals surface area contributed by atoms with Crippen LogP contribution in [0.2, 0.25) is 0 Å². The second-order valence-corrected chi connectivity index (χ2v) is 12.4. The predicted octanol–water partition coefficient (Wildman–Crippen LogP) is 1.40. The molecule has 1 aromatic heterocycles. The molecule has 1 unspecified atom stereocenters. The van der Waals surface area contributed by atoms with Crippen LogP contribution in [0.1, 0.15) is 51.9 Å². The number of nitrogens with zero attached hydrogens (tertiary/aromatic N) is 4. The largest absolute Gasteiger partial charge is 0.474 e. The Morgan fingerprint density at radius 1 is 1.15 bits per heavy atom. The molecule has 0 aromatic carbocycles. The van der Waals surface area contributed by atoms with Crippen LogP contribution in [0.15, 0.2) is 23.2 Å². The molecule has 0 saturated carbocycles. The van der Waals surface area contributed by atoms with Gasteiger partial charge < -0.3 is 19.5 Å². The monoisotopic (exact) mass is 567 g/mol. The predicted molar refractivity (Wildman–Crippen MR) is 137 cm³/mol. The summed E-state index contributed by atoms with van der Waals surface area (Å²) in [6.07, 6.45) is 4.38. The van der Waals surface area contributed by atoms with Crippen molar-refractivity contribution >= 4 is 22.0 Å². The summed E-state index contributed by atoms with van der Waals surface area (Å²) < 4.78 is 40.2. The highest BCUT2D eigenvalue weighted by atomic mass is 32.2. The van der Waals surface area contributed by atoms with Crippen molar-refractivity contribution in [2.45, 2.75) is 87.3 Å². The van der Waals surface area contributed by atoms with E-state index in [1.54, 1.807) is 0 Å². The lowest BCUT2D eigenvalue weighted by atomic mass is 10.1. The molecule has 4 aliphatic heterocycles. The lowest BCUT2D eigenvalue weighted by Gasteiger charge is -2.43. The third kappa shape index (κ3) is 5.99. The van der Waals surface area contributed by atoms with Gasteiger partial charge in [-0.1, -0.05) is 6.92 Å². The van der Waals surface area contributed by atoms with Gasteiger partial charge in [0.2, 0.25) is 15.9 Å². The summed E-state index contributed by atoms with van der Waals surface area (Å²) in [4.78, 5) is 38.5. The molecule has 4 fully saturated rings. The van der Waals surface area contributed by atoms with Crippen molar-refractivity contribution in [2.75, 3.05) is 32.8 Å². The molecule has 4 aliphatic rings. The van der Waals surface area contributed by atoms with Gasteiger partial charge in [0.15, 0.2) is 6.29 Å².